The summed E-state index contributed by atoms with van der Waals surface area (Å²) in [5.74, 6) is 0.271. The van der Waals surface area contributed by atoms with E-state index in [-0.39, 0.29) is 24.1 Å². The maximum atomic E-state index is 11.2. The number of aromatic hydroxyl groups is 1. The summed E-state index contributed by atoms with van der Waals surface area (Å²) in [5.41, 5.74) is 0. The third-order valence-electron chi connectivity index (χ3n) is 1.67. The van der Waals surface area contributed by atoms with Gasteiger partial charge >= 0.3 is 6.09 Å². The van der Waals surface area contributed by atoms with E-state index in [2.05, 4.69) is 5.32 Å². The molecule has 1 aromatic carbocycles. The van der Waals surface area contributed by atoms with E-state index in [1.165, 1.54) is 12.1 Å². The molecule has 0 saturated heterocycles. The Labute approximate surface area is 87.3 Å². The Kier molecular flexibility index (Phi) is 3.93. The summed E-state index contributed by atoms with van der Waals surface area (Å²) in [7, 11) is 0. The van der Waals surface area contributed by atoms with Crippen LogP contribution in [0.3, 0.4) is 0 Å². The fourth-order valence-corrected chi connectivity index (χ4v) is 0.930. The van der Waals surface area contributed by atoms with Gasteiger partial charge in [-0.05, 0) is 19.1 Å². The SMILES string of the molecule is CC(CO)NC(=O)Oc1cccc(O)c1. The van der Waals surface area contributed by atoms with E-state index < -0.39 is 6.09 Å². The maximum absolute atomic E-state index is 11.2. The minimum Gasteiger partial charge on any atom is -0.508 e. The molecule has 1 unspecified atom stereocenters. The molecule has 0 aliphatic heterocycles. The van der Waals surface area contributed by atoms with Gasteiger partial charge in [-0.2, -0.15) is 0 Å². The van der Waals surface area contributed by atoms with Crippen molar-refractivity contribution in [3.8, 4) is 11.5 Å². The van der Waals surface area contributed by atoms with Crippen molar-refractivity contribution in [1.29, 1.82) is 0 Å². The molecule has 0 radical (unpaired) electrons. The van der Waals surface area contributed by atoms with E-state index in [9.17, 15) is 4.79 Å². The van der Waals surface area contributed by atoms with Crippen LogP contribution in [-0.2, 0) is 0 Å². The lowest BCUT2D eigenvalue weighted by molar-refractivity contribution is 0.185. The second-order valence-electron chi connectivity index (χ2n) is 3.11. The first-order valence-electron chi connectivity index (χ1n) is 4.50. The Morgan fingerprint density at radius 3 is 2.93 bits per heavy atom. The van der Waals surface area contributed by atoms with E-state index in [1.54, 1.807) is 19.1 Å². The second-order valence-corrected chi connectivity index (χ2v) is 3.11. The van der Waals surface area contributed by atoms with Gasteiger partial charge in [0.1, 0.15) is 11.5 Å². The number of nitrogens with one attached hydrogen (secondary N) is 1. The average molecular weight is 211 g/mol. The quantitative estimate of drug-likeness (QED) is 0.692. The number of aliphatic hydroxyl groups excluding tert-OH is 1. The first-order chi connectivity index (χ1) is 7.11. The predicted molar refractivity (Wildman–Crippen MR) is 53.8 cm³/mol. The second kappa shape index (κ2) is 5.21. The molecule has 1 amide bonds. The molecule has 0 fully saturated rings. The van der Waals surface area contributed by atoms with Gasteiger partial charge in [-0.1, -0.05) is 6.07 Å². The molecule has 15 heavy (non-hydrogen) atoms. The van der Waals surface area contributed by atoms with Crippen molar-refractivity contribution in [3.05, 3.63) is 24.3 Å². The van der Waals surface area contributed by atoms with E-state index >= 15 is 0 Å². The fraction of sp³-hybridized carbons (Fsp3) is 0.300. The van der Waals surface area contributed by atoms with Crippen molar-refractivity contribution >= 4 is 6.09 Å². The summed E-state index contributed by atoms with van der Waals surface area (Å²) >= 11 is 0. The molecule has 0 aliphatic rings. The topological polar surface area (TPSA) is 78.8 Å². The molecule has 0 aliphatic carbocycles. The Hall–Kier alpha value is -1.75. The average Bonchev–Trinajstić information content (AvgIpc) is 2.17. The summed E-state index contributed by atoms with van der Waals surface area (Å²) < 4.78 is 4.85. The predicted octanol–water partition coefficient (Wildman–Crippen LogP) is 0.861. The Bertz CT molecular complexity index is 340. The smallest absolute Gasteiger partial charge is 0.412 e. The summed E-state index contributed by atoms with van der Waals surface area (Å²) in [6.45, 7) is 1.48. The molecule has 0 spiro atoms. The zero-order valence-corrected chi connectivity index (χ0v) is 8.30. The number of carbonyl (C=O) groups is 1. The number of hydrogen-bond donors (Lipinski definition) is 3. The number of ether oxygens (including phenoxy) is 1. The first-order valence-corrected chi connectivity index (χ1v) is 4.50. The molecule has 0 heterocycles. The van der Waals surface area contributed by atoms with E-state index in [1.807, 2.05) is 0 Å². The third kappa shape index (κ3) is 3.86. The van der Waals surface area contributed by atoms with Crippen molar-refractivity contribution in [2.24, 2.45) is 0 Å². The lowest BCUT2D eigenvalue weighted by Crippen LogP contribution is -2.36. The largest absolute Gasteiger partial charge is 0.508 e. The van der Waals surface area contributed by atoms with Gasteiger partial charge in [-0.15, -0.1) is 0 Å². The molecule has 1 aromatic rings. The highest BCUT2D eigenvalue weighted by Gasteiger charge is 2.08. The third-order valence-corrected chi connectivity index (χ3v) is 1.67. The van der Waals surface area contributed by atoms with Crippen LogP contribution in [-0.4, -0.2) is 29.0 Å². The van der Waals surface area contributed by atoms with Gasteiger partial charge in [0.05, 0.1) is 12.6 Å². The number of benzene rings is 1. The van der Waals surface area contributed by atoms with Gasteiger partial charge in [-0.25, -0.2) is 4.79 Å². The lowest BCUT2D eigenvalue weighted by atomic mass is 10.3. The number of aliphatic hydroxyl groups is 1. The van der Waals surface area contributed by atoms with Gasteiger partial charge in [0.2, 0.25) is 0 Å². The minimum absolute atomic E-state index is 0.0236. The van der Waals surface area contributed by atoms with Crippen LogP contribution in [0.5, 0.6) is 11.5 Å². The summed E-state index contributed by atoms with van der Waals surface area (Å²) in [6, 6.07) is 5.54. The van der Waals surface area contributed by atoms with E-state index in [0.717, 1.165) is 0 Å². The highest BCUT2D eigenvalue weighted by atomic mass is 16.6. The van der Waals surface area contributed by atoms with Crippen molar-refractivity contribution < 1.29 is 19.7 Å². The molecular formula is C10H13NO4. The highest BCUT2D eigenvalue weighted by molar-refractivity contribution is 5.70. The van der Waals surface area contributed by atoms with Crippen LogP contribution in [0.1, 0.15) is 6.92 Å². The van der Waals surface area contributed by atoms with Crippen molar-refractivity contribution in [2.45, 2.75) is 13.0 Å². The maximum Gasteiger partial charge on any atom is 0.412 e. The van der Waals surface area contributed by atoms with Crippen LogP contribution in [0.2, 0.25) is 0 Å². The van der Waals surface area contributed by atoms with Gasteiger partial charge in [0.25, 0.3) is 0 Å². The van der Waals surface area contributed by atoms with Crippen molar-refractivity contribution in [1.82, 2.24) is 5.32 Å². The molecule has 82 valence electrons. The molecule has 0 bridgehead atoms. The number of phenolic OH excluding ortho intramolecular Hbond substituents is 1. The van der Waals surface area contributed by atoms with Crippen LogP contribution in [0.4, 0.5) is 4.79 Å². The number of rotatable bonds is 3. The number of phenols is 1. The van der Waals surface area contributed by atoms with Crippen molar-refractivity contribution in [3.63, 3.8) is 0 Å². The van der Waals surface area contributed by atoms with E-state index in [4.69, 9.17) is 14.9 Å². The molecule has 1 rings (SSSR count). The van der Waals surface area contributed by atoms with Crippen LogP contribution < -0.4 is 10.1 Å². The Morgan fingerprint density at radius 1 is 1.60 bits per heavy atom. The van der Waals surface area contributed by atoms with Crippen molar-refractivity contribution in [2.75, 3.05) is 6.61 Å². The highest BCUT2D eigenvalue weighted by Crippen LogP contribution is 2.17. The Morgan fingerprint density at radius 2 is 2.33 bits per heavy atom. The zero-order chi connectivity index (χ0) is 11.3. The number of amides is 1. The minimum atomic E-state index is -0.665. The van der Waals surface area contributed by atoms with Crippen LogP contribution >= 0.6 is 0 Å². The molecule has 1 atom stereocenters. The lowest BCUT2D eigenvalue weighted by Gasteiger charge is -2.10. The van der Waals surface area contributed by atoms with Crippen LogP contribution in [0.15, 0.2) is 24.3 Å². The zero-order valence-electron chi connectivity index (χ0n) is 8.30. The summed E-state index contributed by atoms with van der Waals surface area (Å²) in [4.78, 5) is 11.2. The molecule has 5 heteroatoms. The van der Waals surface area contributed by atoms with Crippen LogP contribution in [0, 0.1) is 0 Å². The first kappa shape index (κ1) is 11.3. The Balaban J connectivity index is 2.51. The molecule has 5 nitrogen and oxygen atoms in total. The molecule has 0 aromatic heterocycles. The van der Waals surface area contributed by atoms with E-state index in [0.29, 0.717) is 0 Å². The summed E-state index contributed by atoms with van der Waals surface area (Å²) in [6.07, 6.45) is -0.665. The van der Waals surface area contributed by atoms with Gasteiger partial charge in [0, 0.05) is 6.07 Å². The fourth-order valence-electron chi connectivity index (χ4n) is 0.930. The van der Waals surface area contributed by atoms with Gasteiger partial charge in [0.15, 0.2) is 0 Å². The molecule has 0 saturated carbocycles. The summed E-state index contributed by atoms with van der Waals surface area (Å²) in [5, 5.41) is 20.2. The normalized spacial score (nSPS) is 11.9. The van der Waals surface area contributed by atoms with Gasteiger partial charge < -0.3 is 20.3 Å². The molecular weight excluding hydrogens is 198 g/mol. The number of hydrogen-bond acceptors (Lipinski definition) is 4. The van der Waals surface area contributed by atoms with Gasteiger partial charge in [-0.3, -0.25) is 0 Å². The number of carbonyl (C=O) groups excluding carboxylic acids is 1. The standard InChI is InChI=1S/C10H13NO4/c1-7(6-12)11-10(14)15-9-4-2-3-8(13)5-9/h2-5,7,12-13H,6H2,1H3,(H,11,14). The van der Waals surface area contributed by atoms with Crippen LogP contribution in [0.25, 0.3) is 0 Å². The monoisotopic (exact) mass is 211 g/mol. The molecule has 3 N–H and O–H groups in total.